The molecule has 1 fully saturated rings. The number of hydrogen-bond acceptors (Lipinski definition) is 5. The van der Waals surface area contributed by atoms with Crippen LogP contribution in [0.1, 0.15) is 5.56 Å². The van der Waals surface area contributed by atoms with E-state index in [1.54, 1.807) is 6.07 Å². The number of piperazine rings is 1. The Morgan fingerprint density at radius 1 is 1.07 bits per heavy atom. The largest absolute Gasteiger partial charge is 0.325 e. The van der Waals surface area contributed by atoms with E-state index in [9.17, 15) is 14.9 Å². The van der Waals surface area contributed by atoms with Crippen molar-refractivity contribution in [3.8, 4) is 0 Å². The van der Waals surface area contributed by atoms with E-state index < -0.39 is 4.92 Å². The van der Waals surface area contributed by atoms with Crippen LogP contribution in [0.3, 0.4) is 0 Å². The number of halogens is 1. The van der Waals surface area contributed by atoms with E-state index >= 15 is 0 Å². The van der Waals surface area contributed by atoms with Gasteiger partial charge in [0.15, 0.2) is 0 Å². The summed E-state index contributed by atoms with van der Waals surface area (Å²) in [5.41, 5.74) is 1.50. The van der Waals surface area contributed by atoms with Crippen molar-refractivity contribution in [2.45, 2.75) is 6.42 Å². The summed E-state index contributed by atoms with van der Waals surface area (Å²) in [6.45, 7) is 4.77. The molecular weight excluding hydrogens is 380 g/mol. The number of nitrogens with zero attached hydrogens (tertiary/aromatic N) is 3. The highest BCUT2D eigenvalue weighted by Crippen LogP contribution is 2.27. The van der Waals surface area contributed by atoms with E-state index in [0.29, 0.717) is 5.69 Å². The molecule has 148 valence electrons. The van der Waals surface area contributed by atoms with E-state index in [2.05, 4.69) is 39.4 Å². The Morgan fingerprint density at radius 3 is 2.43 bits per heavy atom. The molecule has 3 rings (SSSR count). The molecule has 1 saturated heterocycles. The number of carbonyl (C=O) groups is 1. The lowest BCUT2D eigenvalue weighted by molar-refractivity contribution is -0.384. The number of nitrogens with one attached hydrogen (secondary N) is 1. The molecule has 7 nitrogen and oxygen atoms in total. The van der Waals surface area contributed by atoms with Crippen molar-refractivity contribution in [3.63, 3.8) is 0 Å². The quantitative estimate of drug-likeness (QED) is 0.568. The fourth-order valence-electron chi connectivity index (χ4n) is 3.24. The smallest absolute Gasteiger partial charge is 0.289 e. The molecule has 0 unspecified atom stereocenters. The normalized spacial score (nSPS) is 15.3. The maximum atomic E-state index is 12.3. The summed E-state index contributed by atoms with van der Waals surface area (Å²) in [4.78, 5) is 27.2. The molecule has 0 saturated carbocycles. The molecule has 2 aromatic rings. The van der Waals surface area contributed by atoms with Crippen LogP contribution in [0.4, 0.5) is 11.4 Å². The van der Waals surface area contributed by atoms with Crippen molar-refractivity contribution in [1.29, 1.82) is 0 Å². The van der Waals surface area contributed by atoms with Gasteiger partial charge >= 0.3 is 0 Å². The van der Waals surface area contributed by atoms with Crippen LogP contribution in [0.5, 0.6) is 0 Å². The third-order valence-corrected chi connectivity index (χ3v) is 5.14. The maximum absolute atomic E-state index is 12.3. The third-order valence-electron chi connectivity index (χ3n) is 4.82. The number of rotatable bonds is 7. The summed E-state index contributed by atoms with van der Waals surface area (Å²) in [6, 6.07) is 14.7. The molecule has 0 aromatic heterocycles. The molecule has 0 atom stereocenters. The maximum Gasteiger partial charge on any atom is 0.289 e. The fraction of sp³-hybridized carbons (Fsp3) is 0.350. The third kappa shape index (κ3) is 5.76. The predicted octanol–water partition coefficient (Wildman–Crippen LogP) is 3.05. The van der Waals surface area contributed by atoms with Crippen molar-refractivity contribution in [1.82, 2.24) is 9.80 Å². The van der Waals surface area contributed by atoms with Gasteiger partial charge < -0.3 is 10.2 Å². The average Bonchev–Trinajstić information content (AvgIpc) is 2.69. The van der Waals surface area contributed by atoms with Crippen LogP contribution in [-0.2, 0) is 11.2 Å². The second-order valence-electron chi connectivity index (χ2n) is 6.82. The van der Waals surface area contributed by atoms with Crippen molar-refractivity contribution in [2.24, 2.45) is 0 Å². The zero-order valence-electron chi connectivity index (χ0n) is 15.5. The van der Waals surface area contributed by atoms with Gasteiger partial charge in [-0.25, -0.2) is 0 Å². The lowest BCUT2D eigenvalue weighted by atomic mass is 10.1. The minimum Gasteiger partial charge on any atom is -0.325 e. The van der Waals surface area contributed by atoms with Crippen molar-refractivity contribution < 1.29 is 9.72 Å². The lowest BCUT2D eigenvalue weighted by Crippen LogP contribution is -2.49. The van der Waals surface area contributed by atoms with Gasteiger partial charge in [0, 0.05) is 44.5 Å². The molecule has 28 heavy (non-hydrogen) atoms. The van der Waals surface area contributed by atoms with Gasteiger partial charge in [0.25, 0.3) is 5.69 Å². The highest BCUT2D eigenvalue weighted by atomic mass is 35.5. The Labute approximate surface area is 169 Å². The molecule has 1 aliphatic heterocycles. The number of carbonyl (C=O) groups excluding carboxylic acids is 1. The van der Waals surface area contributed by atoms with Gasteiger partial charge in [-0.05, 0) is 24.1 Å². The van der Waals surface area contributed by atoms with Crippen LogP contribution < -0.4 is 5.32 Å². The molecule has 1 N–H and O–H groups in total. The van der Waals surface area contributed by atoms with Gasteiger partial charge in [-0.15, -0.1) is 0 Å². The van der Waals surface area contributed by atoms with E-state index in [4.69, 9.17) is 11.6 Å². The number of amides is 1. The van der Waals surface area contributed by atoms with Gasteiger partial charge in [0.1, 0.15) is 5.02 Å². The summed E-state index contributed by atoms with van der Waals surface area (Å²) in [7, 11) is 0. The van der Waals surface area contributed by atoms with E-state index in [1.165, 1.54) is 17.7 Å². The lowest BCUT2D eigenvalue weighted by Gasteiger charge is -2.34. The average molecular weight is 403 g/mol. The minimum atomic E-state index is -0.563. The Kier molecular flexibility index (Phi) is 6.97. The van der Waals surface area contributed by atoms with Crippen LogP contribution in [0.15, 0.2) is 48.5 Å². The summed E-state index contributed by atoms with van der Waals surface area (Å²) >= 11 is 5.79. The first kappa shape index (κ1) is 20.3. The first-order valence-corrected chi connectivity index (χ1v) is 9.61. The molecule has 1 amide bonds. The van der Waals surface area contributed by atoms with Gasteiger partial charge in [0.05, 0.1) is 11.5 Å². The van der Waals surface area contributed by atoms with Crippen molar-refractivity contribution >= 4 is 28.9 Å². The number of hydrogen-bond donors (Lipinski definition) is 1. The van der Waals surface area contributed by atoms with E-state index in [-0.39, 0.29) is 23.2 Å². The monoisotopic (exact) mass is 402 g/mol. The summed E-state index contributed by atoms with van der Waals surface area (Å²) in [5, 5.41) is 13.7. The SMILES string of the molecule is O=C(CN1CCN(CCc2ccccc2)CC1)Nc1ccc(Cl)c([N+](=O)[O-])c1. The van der Waals surface area contributed by atoms with Crippen LogP contribution in [0.2, 0.25) is 5.02 Å². The fourth-order valence-corrected chi connectivity index (χ4v) is 3.42. The molecule has 0 spiro atoms. The van der Waals surface area contributed by atoms with Crippen LogP contribution in [0, 0.1) is 10.1 Å². The second-order valence-corrected chi connectivity index (χ2v) is 7.23. The first-order chi connectivity index (χ1) is 13.5. The topological polar surface area (TPSA) is 78.7 Å². The first-order valence-electron chi connectivity index (χ1n) is 9.24. The molecule has 1 heterocycles. The molecule has 0 radical (unpaired) electrons. The molecule has 2 aromatic carbocycles. The van der Waals surface area contributed by atoms with Gasteiger partial charge in [-0.1, -0.05) is 41.9 Å². The zero-order valence-corrected chi connectivity index (χ0v) is 16.3. The Bertz CT molecular complexity index is 823. The van der Waals surface area contributed by atoms with Crippen molar-refractivity contribution in [3.05, 3.63) is 69.2 Å². The zero-order chi connectivity index (χ0) is 19.9. The highest BCUT2D eigenvalue weighted by Gasteiger charge is 2.19. The molecule has 0 bridgehead atoms. The number of nitro groups is 1. The minimum absolute atomic E-state index is 0.0506. The number of benzene rings is 2. The van der Waals surface area contributed by atoms with Crippen molar-refractivity contribution in [2.75, 3.05) is 44.6 Å². The summed E-state index contributed by atoms with van der Waals surface area (Å²) in [5.74, 6) is -0.186. The molecule has 0 aliphatic carbocycles. The molecule has 1 aliphatic rings. The van der Waals surface area contributed by atoms with Gasteiger partial charge in [-0.3, -0.25) is 19.8 Å². The van der Waals surface area contributed by atoms with Crippen LogP contribution >= 0.6 is 11.6 Å². The summed E-state index contributed by atoms with van der Waals surface area (Å²) < 4.78 is 0. The van der Waals surface area contributed by atoms with E-state index in [1.807, 2.05) is 6.07 Å². The predicted molar refractivity (Wildman–Crippen MR) is 110 cm³/mol. The van der Waals surface area contributed by atoms with Gasteiger partial charge in [0.2, 0.25) is 5.91 Å². The Balaban J connectivity index is 1.42. The number of nitro benzene ring substituents is 1. The highest BCUT2D eigenvalue weighted by molar-refractivity contribution is 6.32. The number of anilines is 1. The Morgan fingerprint density at radius 2 is 1.75 bits per heavy atom. The molecule has 8 heteroatoms. The van der Waals surface area contributed by atoms with Crippen LogP contribution in [0.25, 0.3) is 0 Å². The van der Waals surface area contributed by atoms with Crippen LogP contribution in [-0.4, -0.2) is 59.9 Å². The molecular formula is C20H23ClN4O3. The standard InChI is InChI=1S/C20H23ClN4O3/c21-18-7-6-17(14-19(18)25(27)28)22-20(26)15-24-12-10-23(11-13-24)9-8-16-4-2-1-3-5-16/h1-7,14H,8-13,15H2,(H,22,26). The summed E-state index contributed by atoms with van der Waals surface area (Å²) in [6.07, 6.45) is 1.02. The second kappa shape index (κ2) is 9.64. The van der Waals surface area contributed by atoms with Gasteiger partial charge in [-0.2, -0.15) is 0 Å². The Hall–Kier alpha value is -2.48. The van der Waals surface area contributed by atoms with E-state index in [0.717, 1.165) is 39.1 Å².